The average Bonchev–Trinajstić information content (AvgIpc) is 2.88. The Kier molecular flexibility index (Phi) is 6.28. The minimum atomic E-state index is -0.208. The highest BCUT2D eigenvalue weighted by Gasteiger charge is 2.43. The molecule has 2 aliphatic rings. The van der Waals surface area contributed by atoms with Crippen molar-refractivity contribution in [3.8, 4) is 0 Å². The molecule has 0 aromatic heterocycles. The van der Waals surface area contributed by atoms with E-state index in [1.807, 2.05) is 11.8 Å². The molecule has 2 rings (SSSR count). The van der Waals surface area contributed by atoms with Crippen LogP contribution in [0.15, 0.2) is 0 Å². The van der Waals surface area contributed by atoms with Crippen molar-refractivity contribution >= 4 is 30.1 Å². The van der Waals surface area contributed by atoms with Crippen LogP contribution in [0.3, 0.4) is 0 Å². The van der Waals surface area contributed by atoms with Gasteiger partial charge in [-0.2, -0.15) is 11.8 Å². The van der Waals surface area contributed by atoms with E-state index in [-0.39, 0.29) is 17.8 Å². The Labute approximate surface area is 121 Å². The molecule has 3 nitrogen and oxygen atoms in total. The first kappa shape index (κ1) is 16.1. The van der Waals surface area contributed by atoms with Gasteiger partial charge in [0, 0.05) is 30.6 Å². The third-order valence-electron chi connectivity index (χ3n) is 4.29. The van der Waals surface area contributed by atoms with Gasteiger partial charge in [-0.3, -0.25) is 4.79 Å². The number of carbonyl (C=O) groups is 1. The molecule has 1 unspecified atom stereocenters. The average molecular weight is 293 g/mol. The quantitative estimate of drug-likeness (QED) is 0.868. The van der Waals surface area contributed by atoms with Crippen LogP contribution in [0, 0.1) is 5.41 Å². The normalized spacial score (nSPS) is 26.8. The summed E-state index contributed by atoms with van der Waals surface area (Å²) in [5, 5.41) is 0.629. The first-order chi connectivity index (χ1) is 8.22. The number of hydrogen-bond donors (Lipinski definition) is 1. The summed E-state index contributed by atoms with van der Waals surface area (Å²) in [5.41, 5.74) is 5.68. The van der Waals surface area contributed by atoms with Crippen LogP contribution in [-0.2, 0) is 4.79 Å². The van der Waals surface area contributed by atoms with E-state index in [9.17, 15) is 4.79 Å². The molecular weight excluding hydrogens is 268 g/mol. The fourth-order valence-electron chi connectivity index (χ4n) is 3.04. The van der Waals surface area contributed by atoms with Gasteiger partial charge in [-0.25, -0.2) is 0 Å². The fraction of sp³-hybridized carbons (Fsp3) is 0.923. The van der Waals surface area contributed by atoms with Crippen LogP contribution in [0.2, 0.25) is 0 Å². The molecule has 1 heterocycles. The van der Waals surface area contributed by atoms with Crippen molar-refractivity contribution in [3.63, 3.8) is 0 Å². The molecule has 0 aromatic carbocycles. The van der Waals surface area contributed by atoms with Gasteiger partial charge in [-0.15, -0.1) is 12.4 Å². The van der Waals surface area contributed by atoms with E-state index in [1.165, 1.54) is 12.8 Å². The van der Waals surface area contributed by atoms with Crippen molar-refractivity contribution in [2.24, 2.45) is 11.1 Å². The van der Waals surface area contributed by atoms with Crippen LogP contribution in [0.25, 0.3) is 0 Å². The maximum Gasteiger partial charge on any atom is 0.230 e. The fourth-order valence-corrected chi connectivity index (χ4v) is 4.22. The summed E-state index contributed by atoms with van der Waals surface area (Å²) in [6.07, 6.45) is 5.50. The minimum absolute atomic E-state index is 0. The summed E-state index contributed by atoms with van der Waals surface area (Å²) in [7, 11) is 0. The van der Waals surface area contributed by atoms with Crippen LogP contribution < -0.4 is 5.73 Å². The van der Waals surface area contributed by atoms with E-state index in [4.69, 9.17) is 5.73 Å². The summed E-state index contributed by atoms with van der Waals surface area (Å²) in [4.78, 5) is 14.7. The summed E-state index contributed by atoms with van der Waals surface area (Å²) in [6.45, 7) is 4.59. The van der Waals surface area contributed by atoms with Gasteiger partial charge in [0.05, 0.1) is 5.41 Å². The monoisotopic (exact) mass is 292 g/mol. The SMILES string of the molecule is CCC1CN(C(=O)C2(CN)CCCC2)CCS1.Cl. The Balaban J connectivity index is 0.00000162. The molecule has 0 bridgehead atoms. The Morgan fingerprint density at radius 3 is 2.67 bits per heavy atom. The number of hydrogen-bond acceptors (Lipinski definition) is 3. The zero-order valence-corrected chi connectivity index (χ0v) is 12.8. The molecule has 1 atom stereocenters. The predicted molar refractivity (Wildman–Crippen MR) is 80.3 cm³/mol. The number of halogens is 1. The second kappa shape index (κ2) is 7.01. The smallest absolute Gasteiger partial charge is 0.230 e. The number of thioether (sulfide) groups is 1. The maximum absolute atomic E-state index is 12.7. The molecule has 0 spiro atoms. The predicted octanol–water partition coefficient (Wildman–Crippen LogP) is 2.28. The van der Waals surface area contributed by atoms with Gasteiger partial charge in [0.15, 0.2) is 0 Å². The molecule has 18 heavy (non-hydrogen) atoms. The molecule has 2 N–H and O–H groups in total. The van der Waals surface area contributed by atoms with Crippen molar-refractivity contribution in [1.29, 1.82) is 0 Å². The third-order valence-corrected chi connectivity index (χ3v) is 5.66. The van der Waals surface area contributed by atoms with E-state index in [1.54, 1.807) is 0 Å². The third kappa shape index (κ3) is 3.14. The Bertz CT molecular complexity index is 282. The van der Waals surface area contributed by atoms with Crippen LogP contribution >= 0.6 is 24.2 Å². The lowest BCUT2D eigenvalue weighted by Crippen LogP contribution is -2.51. The molecule has 1 saturated carbocycles. The highest BCUT2D eigenvalue weighted by molar-refractivity contribution is 8.00. The van der Waals surface area contributed by atoms with E-state index < -0.39 is 0 Å². The van der Waals surface area contributed by atoms with Gasteiger partial charge in [0.2, 0.25) is 5.91 Å². The number of rotatable bonds is 3. The molecule has 1 saturated heterocycles. The molecule has 0 aromatic rings. The van der Waals surface area contributed by atoms with Gasteiger partial charge < -0.3 is 10.6 Å². The largest absolute Gasteiger partial charge is 0.340 e. The minimum Gasteiger partial charge on any atom is -0.340 e. The number of carbonyl (C=O) groups excluding carboxylic acids is 1. The lowest BCUT2D eigenvalue weighted by Gasteiger charge is -2.38. The number of nitrogens with zero attached hydrogens (tertiary/aromatic N) is 1. The Morgan fingerprint density at radius 2 is 2.11 bits per heavy atom. The molecule has 1 aliphatic carbocycles. The molecule has 2 fully saturated rings. The highest BCUT2D eigenvalue weighted by Crippen LogP contribution is 2.39. The van der Waals surface area contributed by atoms with Gasteiger partial charge in [-0.1, -0.05) is 19.8 Å². The molecule has 1 amide bonds. The lowest BCUT2D eigenvalue weighted by atomic mass is 9.84. The Hall–Kier alpha value is 0.0700. The van der Waals surface area contributed by atoms with E-state index >= 15 is 0 Å². The second-order valence-electron chi connectivity index (χ2n) is 5.34. The summed E-state index contributed by atoms with van der Waals surface area (Å²) < 4.78 is 0. The molecular formula is C13H25ClN2OS. The van der Waals surface area contributed by atoms with E-state index in [0.29, 0.717) is 17.7 Å². The lowest BCUT2D eigenvalue weighted by molar-refractivity contribution is -0.141. The Morgan fingerprint density at radius 1 is 1.44 bits per heavy atom. The standard InChI is InChI=1S/C13H24N2OS.ClH/c1-2-11-9-15(7-8-17-11)12(16)13(10-14)5-3-4-6-13;/h11H,2-10,14H2,1H3;1H. The van der Waals surface area contributed by atoms with Crippen molar-refractivity contribution in [2.75, 3.05) is 25.4 Å². The summed E-state index contributed by atoms with van der Waals surface area (Å²) in [5.74, 6) is 1.43. The zero-order chi connectivity index (χ0) is 12.3. The highest BCUT2D eigenvalue weighted by atomic mass is 35.5. The molecule has 1 aliphatic heterocycles. The second-order valence-corrected chi connectivity index (χ2v) is 6.75. The van der Waals surface area contributed by atoms with Crippen molar-refractivity contribution in [3.05, 3.63) is 0 Å². The van der Waals surface area contributed by atoms with Gasteiger partial charge in [0.25, 0.3) is 0 Å². The summed E-state index contributed by atoms with van der Waals surface area (Å²) in [6, 6.07) is 0. The van der Waals surface area contributed by atoms with Crippen molar-refractivity contribution in [2.45, 2.75) is 44.3 Å². The van der Waals surface area contributed by atoms with Gasteiger partial charge in [-0.05, 0) is 19.3 Å². The topological polar surface area (TPSA) is 46.3 Å². The summed E-state index contributed by atoms with van der Waals surface area (Å²) >= 11 is 2.01. The maximum atomic E-state index is 12.7. The van der Waals surface area contributed by atoms with E-state index in [0.717, 1.165) is 38.1 Å². The van der Waals surface area contributed by atoms with Crippen LogP contribution in [-0.4, -0.2) is 41.4 Å². The first-order valence-electron chi connectivity index (χ1n) is 6.83. The zero-order valence-electron chi connectivity index (χ0n) is 11.2. The van der Waals surface area contributed by atoms with Crippen molar-refractivity contribution < 1.29 is 4.79 Å². The molecule has 106 valence electrons. The molecule has 5 heteroatoms. The van der Waals surface area contributed by atoms with E-state index in [2.05, 4.69) is 11.8 Å². The van der Waals surface area contributed by atoms with Crippen LogP contribution in [0.1, 0.15) is 39.0 Å². The van der Waals surface area contributed by atoms with Gasteiger partial charge in [0.1, 0.15) is 0 Å². The van der Waals surface area contributed by atoms with Crippen LogP contribution in [0.5, 0.6) is 0 Å². The first-order valence-corrected chi connectivity index (χ1v) is 7.88. The van der Waals surface area contributed by atoms with Gasteiger partial charge >= 0.3 is 0 Å². The number of nitrogens with two attached hydrogens (primary N) is 1. The molecule has 0 radical (unpaired) electrons. The number of amides is 1. The van der Waals surface area contributed by atoms with Crippen molar-refractivity contribution in [1.82, 2.24) is 4.90 Å². The van der Waals surface area contributed by atoms with Crippen LogP contribution in [0.4, 0.5) is 0 Å².